The molecule has 0 amide bonds. The first kappa shape index (κ1) is 32.6. The molecule has 10 nitrogen and oxygen atoms in total. The summed E-state index contributed by atoms with van der Waals surface area (Å²) in [7, 11) is 0. The number of pyridine rings is 1. The molecule has 2 aromatic heterocycles. The fourth-order valence-electron chi connectivity index (χ4n) is 4.41. The zero-order valence-electron chi connectivity index (χ0n) is 23.2. The predicted octanol–water partition coefficient (Wildman–Crippen LogP) is 4.89. The largest absolute Gasteiger partial charge is 0.468 e. The number of nitrogens with two attached hydrogens (primary N) is 1. The van der Waals surface area contributed by atoms with E-state index in [9.17, 15) is 31.1 Å². The number of anilines is 2. The first-order chi connectivity index (χ1) is 19.8. The van der Waals surface area contributed by atoms with Gasteiger partial charge in [0.25, 0.3) is 12.4 Å². The van der Waals surface area contributed by atoms with Crippen molar-refractivity contribution in [1.29, 1.82) is 0 Å². The molecule has 16 heteroatoms. The van der Waals surface area contributed by atoms with Crippen LogP contribution in [0.15, 0.2) is 30.3 Å². The lowest BCUT2D eigenvalue weighted by Crippen LogP contribution is -2.38. The zero-order chi connectivity index (χ0) is 31.1. The van der Waals surface area contributed by atoms with Crippen molar-refractivity contribution in [1.82, 2.24) is 25.2 Å². The normalized spacial score (nSPS) is 16.5. The Kier molecular flexibility index (Phi) is 10.7. The molecule has 0 bridgehead atoms. The third-order valence-corrected chi connectivity index (χ3v) is 6.38. The van der Waals surface area contributed by atoms with E-state index in [1.54, 1.807) is 18.7 Å². The van der Waals surface area contributed by atoms with Gasteiger partial charge in [-0.25, -0.2) is 0 Å². The smallest absolute Gasteiger partial charge is 0.416 e. The summed E-state index contributed by atoms with van der Waals surface area (Å²) in [5.41, 5.74) is 4.64. The van der Waals surface area contributed by atoms with Crippen LogP contribution in [0.3, 0.4) is 0 Å². The molecule has 0 fully saturated rings. The Bertz CT molecular complexity index is 1300. The Morgan fingerprint density at radius 2 is 1.79 bits per heavy atom. The molecule has 1 aromatic carbocycles. The van der Waals surface area contributed by atoms with Crippen LogP contribution in [0.2, 0.25) is 0 Å². The molecule has 1 aliphatic rings. The number of carbonyl (C=O) groups excluding carboxylic acids is 1. The van der Waals surface area contributed by atoms with E-state index in [0.717, 1.165) is 24.2 Å². The van der Waals surface area contributed by atoms with Gasteiger partial charge < -0.3 is 20.7 Å². The van der Waals surface area contributed by atoms with Gasteiger partial charge in [0.15, 0.2) is 0 Å². The summed E-state index contributed by atoms with van der Waals surface area (Å²) < 4.78 is 85.3. The summed E-state index contributed by atoms with van der Waals surface area (Å²) in [6, 6.07) is 4.67. The number of carbonyl (C=O) groups is 1. The molecule has 0 saturated heterocycles. The third kappa shape index (κ3) is 8.30. The Hall–Kier alpha value is -3.95. The number of hydrogen-bond acceptors (Lipinski definition) is 9. The van der Waals surface area contributed by atoms with E-state index in [4.69, 9.17) is 5.73 Å². The molecular weight excluding hydrogens is 570 g/mol. The summed E-state index contributed by atoms with van der Waals surface area (Å²) in [6.45, 7) is 6.55. The van der Waals surface area contributed by atoms with Crippen LogP contribution in [0.25, 0.3) is 0 Å². The molecule has 230 valence electrons. The molecule has 0 unspecified atom stereocenters. The van der Waals surface area contributed by atoms with E-state index in [-0.39, 0.29) is 43.3 Å². The fraction of sp³-hybridized carbons (Fsp3) is 0.500. The van der Waals surface area contributed by atoms with Crippen LogP contribution < -0.4 is 16.0 Å². The van der Waals surface area contributed by atoms with Crippen LogP contribution in [-0.4, -0.2) is 50.9 Å². The van der Waals surface area contributed by atoms with E-state index in [1.807, 2.05) is 19.1 Å². The minimum atomic E-state index is -4.96. The lowest BCUT2D eigenvalue weighted by molar-refractivity contribution is -0.143. The lowest BCUT2D eigenvalue weighted by Gasteiger charge is -2.38. The average Bonchev–Trinajstić information content (AvgIpc) is 3.39. The van der Waals surface area contributed by atoms with Crippen molar-refractivity contribution >= 4 is 18.1 Å². The van der Waals surface area contributed by atoms with Crippen LogP contribution in [0.5, 0.6) is 0 Å². The summed E-state index contributed by atoms with van der Waals surface area (Å²) in [4.78, 5) is 16.6. The maximum atomic E-state index is 13.5. The Balaban J connectivity index is 0.000000892. The molecule has 3 aromatic rings. The molecule has 2 atom stereocenters. The average molecular weight is 603 g/mol. The van der Waals surface area contributed by atoms with E-state index in [2.05, 4.69) is 30.4 Å². The molecule has 1 aliphatic heterocycles. The zero-order valence-corrected chi connectivity index (χ0v) is 23.2. The van der Waals surface area contributed by atoms with Gasteiger partial charge in [0.1, 0.15) is 0 Å². The van der Waals surface area contributed by atoms with Crippen LogP contribution >= 0.6 is 0 Å². The monoisotopic (exact) mass is 602 g/mol. The van der Waals surface area contributed by atoms with Gasteiger partial charge in [-0.15, -0.1) is 5.10 Å². The van der Waals surface area contributed by atoms with Crippen LogP contribution in [0.4, 0.5) is 38.0 Å². The van der Waals surface area contributed by atoms with Crippen molar-refractivity contribution in [2.75, 3.05) is 23.4 Å². The quantitative estimate of drug-likeness (QED) is 0.260. The molecule has 0 radical (unpaired) electrons. The molecule has 42 heavy (non-hydrogen) atoms. The number of benzene rings is 1. The molecule has 0 saturated carbocycles. The van der Waals surface area contributed by atoms with Crippen LogP contribution in [0.1, 0.15) is 60.8 Å². The Labute approximate surface area is 238 Å². The van der Waals surface area contributed by atoms with Gasteiger partial charge in [0.2, 0.25) is 0 Å². The van der Waals surface area contributed by atoms with Gasteiger partial charge in [-0.3, -0.25) is 9.78 Å². The molecule has 3 N–H and O–H groups in total. The molecule has 4 rings (SSSR count). The summed E-state index contributed by atoms with van der Waals surface area (Å²) in [5, 5.41) is 15.7. The fourth-order valence-corrected chi connectivity index (χ4v) is 4.41. The minimum absolute atomic E-state index is 0.0177. The number of tetrazole rings is 1. The van der Waals surface area contributed by atoms with Gasteiger partial charge >= 0.3 is 12.4 Å². The second-order valence-corrected chi connectivity index (χ2v) is 9.45. The Morgan fingerprint density at radius 3 is 2.31 bits per heavy atom. The van der Waals surface area contributed by atoms with E-state index in [1.165, 1.54) is 4.80 Å². The lowest BCUT2D eigenvalue weighted by atomic mass is 9.93. The summed E-state index contributed by atoms with van der Waals surface area (Å²) in [5.74, 6) is 0.0513. The van der Waals surface area contributed by atoms with Crippen molar-refractivity contribution in [3.05, 3.63) is 58.4 Å². The number of fused-ring (bicyclic) bond motifs is 1. The third-order valence-electron chi connectivity index (χ3n) is 6.38. The van der Waals surface area contributed by atoms with Crippen LogP contribution in [-0.2, 0) is 35.0 Å². The standard InChI is InChI=1S/C23H26F6N8.C3H6O2/c1-3-17-11-19(20-18(32-17)5-4-13(2)31-20)36(21-33-35-37(34-21)7-6-30)12-14-8-15(22(24,25)26)10-16(9-14)23(27,28)29;1-2-5-3-4/h4-5,8-10,17,19,32H,3,6-7,11-12,30H2,1-2H3;3H,2H2,1H3/t17-,19+;/m1./s1. The van der Waals surface area contributed by atoms with Gasteiger partial charge in [-0.05, 0) is 67.8 Å². The van der Waals surface area contributed by atoms with E-state index >= 15 is 0 Å². The highest BCUT2D eigenvalue weighted by atomic mass is 19.4. The number of nitrogens with one attached hydrogen (secondary N) is 1. The number of ether oxygens (including phenoxy) is 1. The number of nitrogens with zero attached hydrogens (tertiary/aromatic N) is 6. The second-order valence-electron chi connectivity index (χ2n) is 9.45. The van der Waals surface area contributed by atoms with Crippen molar-refractivity contribution in [3.8, 4) is 0 Å². The number of rotatable bonds is 9. The van der Waals surface area contributed by atoms with Gasteiger partial charge in [0, 0.05) is 24.8 Å². The molecule has 0 aliphatic carbocycles. The second kappa shape index (κ2) is 13.8. The SMILES string of the molecule is CCOC=O.CC[C@@H]1C[C@H](N(Cc2cc(C(F)(F)F)cc(C(F)(F)F)c2)c2nnn(CCN)n2)c2nc(C)ccc2N1. The molecule has 0 spiro atoms. The van der Waals surface area contributed by atoms with Crippen molar-refractivity contribution < 1.29 is 35.9 Å². The van der Waals surface area contributed by atoms with Gasteiger partial charge in [0.05, 0.1) is 41.7 Å². The number of hydrogen-bond donors (Lipinski definition) is 2. The predicted molar refractivity (Wildman–Crippen MR) is 141 cm³/mol. The summed E-state index contributed by atoms with van der Waals surface area (Å²) in [6.07, 6.45) is -8.73. The highest BCUT2D eigenvalue weighted by Crippen LogP contribution is 2.40. The number of halogens is 6. The van der Waals surface area contributed by atoms with E-state index in [0.29, 0.717) is 30.9 Å². The first-order valence-electron chi connectivity index (χ1n) is 13.1. The number of alkyl halides is 6. The van der Waals surface area contributed by atoms with Crippen molar-refractivity contribution in [3.63, 3.8) is 0 Å². The molecule has 3 heterocycles. The highest BCUT2D eigenvalue weighted by Gasteiger charge is 2.38. The molecular formula is C26H32F6N8O2. The minimum Gasteiger partial charge on any atom is -0.468 e. The maximum absolute atomic E-state index is 13.5. The maximum Gasteiger partial charge on any atom is 0.416 e. The van der Waals surface area contributed by atoms with E-state index < -0.39 is 29.5 Å². The topological polar surface area (TPSA) is 124 Å². The van der Waals surface area contributed by atoms with Crippen molar-refractivity contribution in [2.45, 2.75) is 71.1 Å². The van der Waals surface area contributed by atoms with Gasteiger partial charge in [-0.1, -0.05) is 12.0 Å². The van der Waals surface area contributed by atoms with Crippen molar-refractivity contribution in [2.24, 2.45) is 5.73 Å². The Morgan fingerprint density at radius 1 is 1.12 bits per heavy atom. The first-order valence-corrected chi connectivity index (χ1v) is 13.1. The highest BCUT2D eigenvalue weighted by molar-refractivity contribution is 5.55. The summed E-state index contributed by atoms with van der Waals surface area (Å²) >= 11 is 0. The number of aryl methyl sites for hydroxylation is 1. The van der Waals surface area contributed by atoms with Crippen LogP contribution in [0, 0.1) is 6.92 Å². The van der Waals surface area contributed by atoms with Gasteiger partial charge in [-0.2, -0.15) is 31.1 Å². The number of aromatic nitrogens is 5.